The second-order valence-corrected chi connectivity index (χ2v) is 5.23. The Kier molecular flexibility index (Phi) is 2.88. The molecule has 94 valence electrons. The van der Waals surface area contributed by atoms with Crippen LogP contribution >= 0.6 is 0 Å². The number of ether oxygens (including phenoxy) is 1. The van der Waals surface area contributed by atoms with Gasteiger partial charge in [-0.1, -0.05) is 12.1 Å². The second-order valence-electron chi connectivity index (χ2n) is 5.23. The fraction of sp³-hybridized carbons (Fsp3) is 0.833. The van der Waals surface area contributed by atoms with Gasteiger partial charge in [0.2, 0.25) is 11.7 Å². The van der Waals surface area contributed by atoms with Crippen molar-refractivity contribution in [3.8, 4) is 0 Å². The lowest BCUT2D eigenvalue weighted by Crippen LogP contribution is -2.09. The van der Waals surface area contributed by atoms with E-state index in [2.05, 4.69) is 22.4 Å². The van der Waals surface area contributed by atoms with Crippen molar-refractivity contribution in [3.05, 3.63) is 11.7 Å². The Morgan fingerprint density at radius 2 is 2.24 bits per heavy atom. The number of rotatable bonds is 4. The van der Waals surface area contributed by atoms with Crippen LogP contribution in [0.1, 0.15) is 43.5 Å². The largest absolute Gasteiger partial charge is 0.373 e. The molecule has 17 heavy (non-hydrogen) atoms. The van der Waals surface area contributed by atoms with E-state index in [0.29, 0.717) is 17.8 Å². The van der Waals surface area contributed by atoms with Crippen molar-refractivity contribution in [1.82, 2.24) is 15.5 Å². The van der Waals surface area contributed by atoms with Crippen LogP contribution in [0.15, 0.2) is 4.52 Å². The summed E-state index contributed by atoms with van der Waals surface area (Å²) in [7, 11) is 1.72. The summed E-state index contributed by atoms with van der Waals surface area (Å²) in [6.45, 7) is 4.17. The number of aromatic nitrogens is 2. The summed E-state index contributed by atoms with van der Waals surface area (Å²) in [5, 5.41) is 7.44. The Morgan fingerprint density at radius 1 is 1.41 bits per heavy atom. The van der Waals surface area contributed by atoms with Crippen LogP contribution in [0.4, 0.5) is 0 Å². The van der Waals surface area contributed by atoms with Crippen LogP contribution in [0.2, 0.25) is 0 Å². The third kappa shape index (κ3) is 2.09. The summed E-state index contributed by atoms with van der Waals surface area (Å²) in [5.41, 5.74) is 0. The zero-order valence-electron chi connectivity index (χ0n) is 10.3. The van der Waals surface area contributed by atoms with E-state index in [-0.39, 0.29) is 6.10 Å². The molecule has 1 aliphatic heterocycles. The van der Waals surface area contributed by atoms with E-state index in [9.17, 15) is 0 Å². The molecule has 2 fully saturated rings. The number of nitrogens with one attached hydrogen (secondary N) is 1. The van der Waals surface area contributed by atoms with Gasteiger partial charge in [-0.2, -0.15) is 4.98 Å². The maximum Gasteiger partial charge on any atom is 0.231 e. The molecule has 1 aliphatic carbocycles. The Hall–Kier alpha value is -0.940. The molecule has 0 radical (unpaired) electrons. The van der Waals surface area contributed by atoms with Crippen molar-refractivity contribution in [3.63, 3.8) is 0 Å². The predicted octanol–water partition coefficient (Wildman–Crippen LogP) is 1.49. The fourth-order valence-electron chi connectivity index (χ4n) is 2.56. The smallest absolute Gasteiger partial charge is 0.231 e. The standard InChI is InChI=1S/C12H19N3O2/c1-7-5-13-6-9(7)12-14-11(15-17-12)10(16-2)8-3-4-8/h7-10,13H,3-6H2,1-2H3/t7-,9-,10?/m1/s1. The molecule has 3 rings (SSSR count). The predicted molar refractivity (Wildman–Crippen MR) is 61.5 cm³/mol. The van der Waals surface area contributed by atoms with Gasteiger partial charge in [-0.3, -0.25) is 0 Å². The molecule has 1 unspecified atom stereocenters. The Morgan fingerprint density at radius 3 is 2.82 bits per heavy atom. The highest BCUT2D eigenvalue weighted by Crippen LogP contribution is 2.42. The van der Waals surface area contributed by atoms with E-state index in [1.165, 1.54) is 12.8 Å². The number of hydrogen-bond acceptors (Lipinski definition) is 5. The third-order valence-corrected chi connectivity index (χ3v) is 3.85. The minimum Gasteiger partial charge on any atom is -0.373 e. The van der Waals surface area contributed by atoms with Gasteiger partial charge >= 0.3 is 0 Å². The summed E-state index contributed by atoms with van der Waals surface area (Å²) in [4.78, 5) is 4.53. The summed E-state index contributed by atoms with van der Waals surface area (Å²) in [5.74, 6) is 2.99. The van der Waals surface area contributed by atoms with Crippen molar-refractivity contribution in [2.75, 3.05) is 20.2 Å². The molecule has 0 aromatic carbocycles. The fourth-order valence-corrected chi connectivity index (χ4v) is 2.56. The molecule has 0 bridgehead atoms. The SMILES string of the molecule is COC(c1noc([C@@H]2CNC[C@H]2C)n1)C1CC1. The quantitative estimate of drug-likeness (QED) is 0.859. The molecule has 1 aromatic heterocycles. The van der Waals surface area contributed by atoms with Crippen LogP contribution in [-0.2, 0) is 4.74 Å². The van der Waals surface area contributed by atoms with Gasteiger partial charge in [-0.05, 0) is 31.2 Å². The molecular formula is C12H19N3O2. The Bertz CT molecular complexity index is 372. The van der Waals surface area contributed by atoms with E-state index in [1.807, 2.05) is 0 Å². The van der Waals surface area contributed by atoms with E-state index in [1.54, 1.807) is 7.11 Å². The molecule has 3 atom stereocenters. The number of hydrogen-bond donors (Lipinski definition) is 1. The second kappa shape index (κ2) is 4.38. The van der Waals surface area contributed by atoms with Crippen LogP contribution < -0.4 is 5.32 Å². The van der Waals surface area contributed by atoms with Crippen LogP contribution in [0, 0.1) is 11.8 Å². The zero-order chi connectivity index (χ0) is 11.8. The lowest BCUT2D eigenvalue weighted by molar-refractivity contribution is 0.0751. The van der Waals surface area contributed by atoms with E-state index < -0.39 is 0 Å². The van der Waals surface area contributed by atoms with Gasteiger partial charge < -0.3 is 14.6 Å². The minimum absolute atomic E-state index is 0.0252. The van der Waals surface area contributed by atoms with E-state index in [0.717, 1.165) is 24.8 Å². The van der Waals surface area contributed by atoms with Crippen molar-refractivity contribution in [2.45, 2.75) is 31.8 Å². The average molecular weight is 237 g/mol. The minimum atomic E-state index is 0.0252. The molecule has 0 spiro atoms. The van der Waals surface area contributed by atoms with Gasteiger partial charge in [0.05, 0.1) is 5.92 Å². The van der Waals surface area contributed by atoms with Crippen LogP contribution in [0.5, 0.6) is 0 Å². The molecule has 1 aromatic rings. The van der Waals surface area contributed by atoms with Crippen LogP contribution in [-0.4, -0.2) is 30.3 Å². The highest BCUT2D eigenvalue weighted by atomic mass is 16.5. The van der Waals surface area contributed by atoms with Crippen molar-refractivity contribution >= 4 is 0 Å². The third-order valence-electron chi connectivity index (χ3n) is 3.85. The molecule has 5 nitrogen and oxygen atoms in total. The van der Waals surface area contributed by atoms with Gasteiger partial charge in [0.1, 0.15) is 6.10 Å². The van der Waals surface area contributed by atoms with E-state index in [4.69, 9.17) is 9.26 Å². The van der Waals surface area contributed by atoms with Crippen molar-refractivity contribution in [1.29, 1.82) is 0 Å². The van der Waals surface area contributed by atoms with Gasteiger partial charge in [-0.15, -0.1) is 0 Å². The lowest BCUT2D eigenvalue weighted by Gasteiger charge is -2.09. The van der Waals surface area contributed by atoms with E-state index >= 15 is 0 Å². The topological polar surface area (TPSA) is 60.2 Å². The highest BCUT2D eigenvalue weighted by Gasteiger charge is 2.37. The van der Waals surface area contributed by atoms with Gasteiger partial charge in [-0.25, -0.2) is 0 Å². The summed E-state index contributed by atoms with van der Waals surface area (Å²) in [6, 6.07) is 0. The van der Waals surface area contributed by atoms with Gasteiger partial charge in [0.15, 0.2) is 0 Å². The molecule has 1 saturated carbocycles. The zero-order valence-corrected chi connectivity index (χ0v) is 10.3. The van der Waals surface area contributed by atoms with Crippen LogP contribution in [0.25, 0.3) is 0 Å². The molecule has 2 aliphatic rings. The summed E-state index contributed by atoms with van der Waals surface area (Å²) >= 11 is 0. The molecule has 1 saturated heterocycles. The molecule has 2 heterocycles. The monoisotopic (exact) mass is 237 g/mol. The average Bonchev–Trinajstić information content (AvgIpc) is 2.87. The maximum absolute atomic E-state index is 5.46. The van der Waals surface area contributed by atoms with Gasteiger partial charge in [0.25, 0.3) is 0 Å². The lowest BCUT2D eigenvalue weighted by atomic mass is 9.98. The van der Waals surface area contributed by atoms with Crippen molar-refractivity contribution < 1.29 is 9.26 Å². The molecule has 0 amide bonds. The van der Waals surface area contributed by atoms with Crippen LogP contribution in [0.3, 0.4) is 0 Å². The molecule has 1 N–H and O–H groups in total. The number of methoxy groups -OCH3 is 1. The first-order chi connectivity index (χ1) is 8.29. The summed E-state index contributed by atoms with van der Waals surface area (Å²) in [6.07, 6.45) is 2.45. The normalized spacial score (nSPS) is 30.7. The number of nitrogens with zero attached hydrogens (tertiary/aromatic N) is 2. The maximum atomic E-state index is 5.46. The first kappa shape index (κ1) is 11.2. The van der Waals surface area contributed by atoms with Crippen molar-refractivity contribution in [2.24, 2.45) is 11.8 Å². The Labute approximate surface area is 101 Å². The summed E-state index contributed by atoms with van der Waals surface area (Å²) < 4.78 is 10.9. The van der Waals surface area contributed by atoms with Gasteiger partial charge in [0, 0.05) is 13.7 Å². The molecular weight excluding hydrogens is 218 g/mol. The first-order valence-electron chi connectivity index (χ1n) is 6.36. The Balaban J connectivity index is 1.77. The molecule has 5 heteroatoms. The first-order valence-corrected chi connectivity index (χ1v) is 6.36. The highest BCUT2D eigenvalue weighted by molar-refractivity contribution is 5.04.